The first kappa shape index (κ1) is 24.7. The number of aromatic nitrogens is 4. The molecule has 3 aromatic rings. The summed E-state index contributed by atoms with van der Waals surface area (Å²) in [6.07, 6.45) is 4.65. The molecule has 0 fully saturated rings. The van der Waals surface area contributed by atoms with Crippen molar-refractivity contribution in [1.29, 1.82) is 0 Å². The third kappa shape index (κ3) is 6.33. The van der Waals surface area contributed by atoms with Crippen LogP contribution in [0, 0.1) is 12.8 Å². The number of hydrogen-bond acceptors (Lipinski definition) is 6. The molecule has 0 radical (unpaired) electrons. The van der Waals surface area contributed by atoms with Gasteiger partial charge in [0.25, 0.3) is 0 Å². The Hall–Kier alpha value is -2.90. The number of nitrogens with zero attached hydrogens (tertiary/aromatic N) is 5. The van der Waals surface area contributed by atoms with E-state index in [4.69, 9.17) is 4.98 Å². The molecule has 2 heterocycles. The topological polar surface area (TPSA) is 87.5 Å². The lowest BCUT2D eigenvalue weighted by Crippen LogP contribution is -2.25. The van der Waals surface area contributed by atoms with Gasteiger partial charge in [0.2, 0.25) is 11.6 Å². The zero-order valence-electron chi connectivity index (χ0n) is 20.8. The molecule has 3 rings (SSSR count). The monoisotopic (exact) mass is 453 g/mol. The molecule has 0 spiro atoms. The molecule has 180 valence electrons. The number of fused-ring (bicyclic) bond motifs is 3. The maximum Gasteiger partial charge on any atom is 0.220 e. The number of aryl methyl sites for hydroxylation is 1. The molecule has 0 saturated heterocycles. The largest absolute Gasteiger partial charge is 0.371 e. The van der Waals surface area contributed by atoms with Crippen molar-refractivity contribution in [1.82, 2.24) is 24.9 Å². The molecule has 0 aliphatic rings. The van der Waals surface area contributed by atoms with Crippen molar-refractivity contribution in [3.63, 3.8) is 0 Å². The van der Waals surface area contributed by atoms with Crippen molar-refractivity contribution in [3.05, 3.63) is 24.0 Å². The van der Waals surface area contributed by atoms with E-state index in [0.29, 0.717) is 18.9 Å². The second-order valence-corrected chi connectivity index (χ2v) is 9.11. The molecule has 0 saturated carbocycles. The molecule has 0 aliphatic heterocycles. The summed E-state index contributed by atoms with van der Waals surface area (Å²) in [6.45, 7) is 14.0. The van der Waals surface area contributed by atoms with Gasteiger partial charge in [-0.3, -0.25) is 9.20 Å². The van der Waals surface area contributed by atoms with Gasteiger partial charge in [-0.05, 0) is 56.7 Å². The average Bonchev–Trinajstić information content (AvgIpc) is 3.17. The Morgan fingerprint density at radius 1 is 1.09 bits per heavy atom. The van der Waals surface area contributed by atoms with Crippen LogP contribution in [0.25, 0.3) is 16.7 Å². The Morgan fingerprint density at radius 3 is 2.52 bits per heavy atom. The predicted octanol–water partition coefficient (Wildman–Crippen LogP) is 4.57. The maximum absolute atomic E-state index is 11.8. The van der Waals surface area contributed by atoms with E-state index in [9.17, 15) is 4.79 Å². The van der Waals surface area contributed by atoms with E-state index in [-0.39, 0.29) is 5.91 Å². The molecule has 8 heteroatoms. The van der Waals surface area contributed by atoms with Crippen LogP contribution in [0.4, 0.5) is 11.5 Å². The Bertz CT molecular complexity index is 1050. The third-order valence-electron chi connectivity index (χ3n) is 5.63. The molecule has 33 heavy (non-hydrogen) atoms. The second kappa shape index (κ2) is 11.8. The molecule has 1 amide bonds. The second-order valence-electron chi connectivity index (χ2n) is 9.11. The lowest BCUT2D eigenvalue weighted by molar-refractivity contribution is -0.121. The van der Waals surface area contributed by atoms with Crippen molar-refractivity contribution in [2.24, 2.45) is 5.92 Å². The Kier molecular flexibility index (Phi) is 8.86. The van der Waals surface area contributed by atoms with Crippen molar-refractivity contribution < 1.29 is 4.79 Å². The van der Waals surface area contributed by atoms with Gasteiger partial charge in [0.15, 0.2) is 5.82 Å². The number of nitrogens with one attached hydrogen (secondary N) is 2. The summed E-state index contributed by atoms with van der Waals surface area (Å²) >= 11 is 0. The van der Waals surface area contributed by atoms with E-state index < -0.39 is 0 Å². The quantitative estimate of drug-likeness (QED) is 0.369. The highest BCUT2D eigenvalue weighted by atomic mass is 16.1. The van der Waals surface area contributed by atoms with Crippen molar-refractivity contribution in [2.75, 3.05) is 36.4 Å². The van der Waals surface area contributed by atoms with Gasteiger partial charge in [-0.25, -0.2) is 4.98 Å². The molecule has 0 unspecified atom stereocenters. The number of hydrogen-bond donors (Lipinski definition) is 2. The molecule has 0 atom stereocenters. The van der Waals surface area contributed by atoms with E-state index in [2.05, 4.69) is 76.0 Å². The fourth-order valence-corrected chi connectivity index (χ4v) is 4.12. The van der Waals surface area contributed by atoms with Crippen molar-refractivity contribution in [3.8, 4) is 0 Å². The number of unbranched alkanes of at least 4 members (excludes halogenated alkanes) is 1. The average molecular weight is 454 g/mol. The van der Waals surface area contributed by atoms with Gasteiger partial charge in [0.1, 0.15) is 5.82 Å². The van der Waals surface area contributed by atoms with Crippen LogP contribution >= 0.6 is 0 Å². The molecule has 0 bridgehead atoms. The molecule has 1 aromatic carbocycles. The minimum Gasteiger partial charge on any atom is -0.371 e. The number of benzene rings is 1. The number of rotatable bonds is 13. The van der Waals surface area contributed by atoms with E-state index >= 15 is 0 Å². The zero-order chi connectivity index (χ0) is 23.8. The minimum absolute atomic E-state index is 0.130. The standard InChI is InChI=1S/C25H39N7O/c1-6-14-31(15-7-2)20-10-11-22-21(17-20)28-24(25-30-29-19(5)32(22)25)27-13-9-8-12-26-23(33)16-18(3)4/h10-11,17-18H,6-9,12-16H2,1-5H3,(H,26,33)(H,27,28). The van der Waals surface area contributed by atoms with Crippen molar-refractivity contribution in [2.45, 2.75) is 66.7 Å². The summed E-state index contributed by atoms with van der Waals surface area (Å²) in [5.41, 5.74) is 3.90. The number of amides is 1. The van der Waals surface area contributed by atoms with E-state index in [1.54, 1.807) is 0 Å². The summed E-state index contributed by atoms with van der Waals surface area (Å²) in [6, 6.07) is 6.48. The van der Waals surface area contributed by atoms with Crippen molar-refractivity contribution >= 4 is 34.1 Å². The van der Waals surface area contributed by atoms with Gasteiger partial charge >= 0.3 is 0 Å². The lowest BCUT2D eigenvalue weighted by Gasteiger charge is -2.24. The predicted molar refractivity (Wildman–Crippen MR) is 136 cm³/mol. The molecular weight excluding hydrogens is 414 g/mol. The summed E-state index contributed by atoms with van der Waals surface area (Å²) in [4.78, 5) is 19.1. The van der Waals surface area contributed by atoms with Crippen LogP contribution in [-0.2, 0) is 4.79 Å². The van der Waals surface area contributed by atoms with Gasteiger partial charge in [-0.1, -0.05) is 27.7 Å². The summed E-state index contributed by atoms with van der Waals surface area (Å²) < 4.78 is 2.07. The third-order valence-corrected chi connectivity index (χ3v) is 5.63. The molecule has 8 nitrogen and oxygen atoms in total. The van der Waals surface area contributed by atoms with Crippen LogP contribution in [0.1, 0.15) is 65.6 Å². The van der Waals surface area contributed by atoms with E-state index in [1.165, 1.54) is 5.69 Å². The fraction of sp³-hybridized carbons (Fsp3) is 0.600. The molecule has 0 aliphatic carbocycles. The smallest absolute Gasteiger partial charge is 0.220 e. The zero-order valence-corrected chi connectivity index (χ0v) is 20.8. The summed E-state index contributed by atoms with van der Waals surface area (Å²) in [5.74, 6) is 2.11. The van der Waals surface area contributed by atoms with Crippen LogP contribution in [-0.4, -0.2) is 51.7 Å². The lowest BCUT2D eigenvalue weighted by atomic mass is 10.1. The normalized spacial score (nSPS) is 11.5. The van der Waals surface area contributed by atoms with Crippen LogP contribution in [0.3, 0.4) is 0 Å². The van der Waals surface area contributed by atoms with E-state index in [1.807, 2.05) is 6.92 Å². The van der Waals surface area contributed by atoms with Crippen LogP contribution < -0.4 is 15.5 Å². The molecule has 2 aromatic heterocycles. The molecular formula is C25H39N7O. The fourth-order valence-electron chi connectivity index (χ4n) is 4.12. The maximum atomic E-state index is 11.8. The van der Waals surface area contributed by atoms with Gasteiger partial charge in [-0.15, -0.1) is 10.2 Å². The first-order chi connectivity index (χ1) is 15.9. The SMILES string of the molecule is CCCN(CCC)c1ccc2c(c1)nc(NCCCCNC(=O)CC(C)C)c1nnc(C)n12. The summed E-state index contributed by atoms with van der Waals surface area (Å²) in [5, 5.41) is 15.1. The highest BCUT2D eigenvalue weighted by Crippen LogP contribution is 2.26. The molecule has 2 N–H and O–H groups in total. The Balaban J connectivity index is 1.73. The number of carbonyl (C=O) groups excluding carboxylic acids is 1. The van der Waals surface area contributed by atoms with Gasteiger partial charge in [-0.2, -0.15) is 0 Å². The Morgan fingerprint density at radius 2 is 1.82 bits per heavy atom. The van der Waals surface area contributed by atoms with Crippen LogP contribution in [0.5, 0.6) is 0 Å². The summed E-state index contributed by atoms with van der Waals surface area (Å²) in [7, 11) is 0. The first-order valence-electron chi connectivity index (χ1n) is 12.4. The van der Waals surface area contributed by atoms with Gasteiger partial charge in [0, 0.05) is 38.3 Å². The number of anilines is 2. The highest BCUT2D eigenvalue weighted by molar-refractivity contribution is 5.85. The van der Waals surface area contributed by atoms with Crippen LogP contribution in [0.2, 0.25) is 0 Å². The first-order valence-corrected chi connectivity index (χ1v) is 12.4. The highest BCUT2D eigenvalue weighted by Gasteiger charge is 2.14. The number of carbonyl (C=O) groups is 1. The Labute approximate surface area is 197 Å². The van der Waals surface area contributed by atoms with E-state index in [0.717, 1.165) is 73.6 Å². The van der Waals surface area contributed by atoms with Gasteiger partial charge in [0.05, 0.1) is 11.0 Å². The van der Waals surface area contributed by atoms with Gasteiger partial charge < -0.3 is 15.5 Å². The minimum atomic E-state index is 0.130. The van der Waals surface area contributed by atoms with Crippen LogP contribution in [0.15, 0.2) is 18.2 Å².